The molecule has 1 amide bonds. The lowest BCUT2D eigenvalue weighted by atomic mass is 9.87. The SMILES string of the molecule is CCn1cc(-c2cc(Cn3ccnc3C)cc3c2OC[C@@H](Cc2cc(C)cc(N4CC(N(C)C(=O)OC(C)(C)C)C4)n2)C3=O)c(C(F)(F)F)n1. The standard InChI is InChI=1S/C36H42F3N7O4/c1-8-46-19-29(33(42-46)36(37,38)39)27-13-23(16-44-10-9-40-22(44)3)14-28-31(47)24(20-49-32(27)28)15-25-11-21(2)12-30(41-25)45-17-26(18-45)43(7)34(48)50-35(4,5)6/h9-14,19,24,26H,8,15-18,20H2,1-7H3/t24-/m1/s1. The summed E-state index contributed by atoms with van der Waals surface area (Å²) >= 11 is 0. The minimum absolute atomic E-state index is 0.0144. The molecule has 0 saturated carbocycles. The predicted molar refractivity (Wildman–Crippen MR) is 180 cm³/mol. The van der Waals surface area contributed by atoms with Gasteiger partial charge in [0, 0.05) is 75.1 Å². The average Bonchev–Trinajstić information content (AvgIpc) is 3.63. The van der Waals surface area contributed by atoms with Crippen LogP contribution < -0.4 is 9.64 Å². The number of aromatic nitrogens is 5. The second-order valence-electron chi connectivity index (χ2n) is 14.1. The number of imidazole rings is 1. The second kappa shape index (κ2) is 13.1. The molecule has 3 aromatic heterocycles. The number of benzene rings is 1. The molecule has 14 heteroatoms. The van der Waals surface area contributed by atoms with E-state index in [9.17, 15) is 22.8 Å². The molecule has 2 aliphatic rings. The molecule has 266 valence electrons. The molecule has 1 aromatic carbocycles. The summed E-state index contributed by atoms with van der Waals surface area (Å²) in [6, 6.07) is 7.22. The Labute approximate surface area is 289 Å². The Kier molecular flexibility index (Phi) is 9.16. The van der Waals surface area contributed by atoms with Crippen molar-refractivity contribution in [2.75, 3.05) is 31.6 Å². The van der Waals surface area contributed by atoms with Gasteiger partial charge in [-0.1, -0.05) is 0 Å². The number of nitrogens with zero attached hydrogens (tertiary/aromatic N) is 7. The number of fused-ring (bicyclic) bond motifs is 1. The van der Waals surface area contributed by atoms with Crippen LogP contribution in [0.2, 0.25) is 0 Å². The number of amides is 1. The lowest BCUT2D eigenvalue weighted by molar-refractivity contribution is -0.141. The van der Waals surface area contributed by atoms with E-state index in [4.69, 9.17) is 14.5 Å². The predicted octanol–water partition coefficient (Wildman–Crippen LogP) is 6.33. The Morgan fingerprint density at radius 2 is 1.80 bits per heavy atom. The van der Waals surface area contributed by atoms with Gasteiger partial charge >= 0.3 is 12.3 Å². The summed E-state index contributed by atoms with van der Waals surface area (Å²) in [6.07, 6.45) is -0.0245. The third kappa shape index (κ3) is 7.19. The highest BCUT2D eigenvalue weighted by Gasteiger charge is 2.40. The minimum atomic E-state index is -4.71. The number of halogens is 3. The van der Waals surface area contributed by atoms with Crippen molar-refractivity contribution in [2.24, 2.45) is 5.92 Å². The number of rotatable bonds is 8. The molecule has 1 saturated heterocycles. The summed E-state index contributed by atoms with van der Waals surface area (Å²) in [6.45, 7) is 12.7. The second-order valence-corrected chi connectivity index (χ2v) is 14.1. The fourth-order valence-electron chi connectivity index (χ4n) is 6.32. The van der Waals surface area contributed by atoms with Crippen LogP contribution in [0.3, 0.4) is 0 Å². The average molecular weight is 694 g/mol. The molecule has 50 heavy (non-hydrogen) atoms. The minimum Gasteiger partial charge on any atom is -0.491 e. The number of Topliss-reactive ketones (excluding diaryl/α,β-unsaturated/α-hetero) is 1. The lowest BCUT2D eigenvalue weighted by Crippen LogP contribution is -2.60. The van der Waals surface area contributed by atoms with Gasteiger partial charge in [-0.05, 0) is 76.9 Å². The first-order valence-electron chi connectivity index (χ1n) is 16.7. The molecule has 0 unspecified atom stereocenters. The van der Waals surface area contributed by atoms with Gasteiger partial charge in [0.1, 0.15) is 23.0 Å². The Bertz CT molecular complexity index is 1920. The molecule has 4 aromatic rings. The van der Waals surface area contributed by atoms with E-state index in [1.807, 2.05) is 51.3 Å². The molecule has 5 heterocycles. The zero-order valence-electron chi connectivity index (χ0n) is 29.3. The maximum atomic E-state index is 14.2. The van der Waals surface area contributed by atoms with E-state index < -0.39 is 23.4 Å². The van der Waals surface area contributed by atoms with Gasteiger partial charge < -0.3 is 23.8 Å². The number of pyridine rings is 1. The van der Waals surface area contributed by atoms with Crippen LogP contribution in [0.25, 0.3) is 11.1 Å². The van der Waals surface area contributed by atoms with Crippen LogP contribution in [0.4, 0.5) is 23.8 Å². The van der Waals surface area contributed by atoms with Gasteiger partial charge in [0.2, 0.25) is 0 Å². The number of anilines is 1. The molecule has 0 N–H and O–H groups in total. The Balaban J connectivity index is 1.27. The highest BCUT2D eigenvalue weighted by atomic mass is 19.4. The van der Waals surface area contributed by atoms with E-state index in [0.29, 0.717) is 30.9 Å². The molecular formula is C36H42F3N7O4. The quantitative estimate of drug-likeness (QED) is 0.211. The van der Waals surface area contributed by atoms with Crippen molar-refractivity contribution in [3.63, 3.8) is 0 Å². The Morgan fingerprint density at radius 1 is 1.08 bits per heavy atom. The van der Waals surface area contributed by atoms with Crippen LogP contribution in [-0.4, -0.2) is 79.5 Å². The topological polar surface area (TPSA) is 108 Å². The molecule has 0 radical (unpaired) electrons. The largest absolute Gasteiger partial charge is 0.491 e. The maximum Gasteiger partial charge on any atom is 0.435 e. The van der Waals surface area contributed by atoms with Crippen LogP contribution in [-0.2, 0) is 30.4 Å². The van der Waals surface area contributed by atoms with Crippen LogP contribution in [0.15, 0.2) is 42.9 Å². The smallest absolute Gasteiger partial charge is 0.435 e. The van der Waals surface area contributed by atoms with E-state index in [1.54, 1.807) is 43.4 Å². The fourth-order valence-corrected chi connectivity index (χ4v) is 6.32. The highest BCUT2D eigenvalue weighted by Crippen LogP contribution is 2.44. The third-order valence-corrected chi connectivity index (χ3v) is 9.01. The van der Waals surface area contributed by atoms with E-state index in [2.05, 4.69) is 15.0 Å². The molecule has 0 spiro atoms. The Hall–Kier alpha value is -4.88. The van der Waals surface area contributed by atoms with Crippen molar-refractivity contribution < 1.29 is 32.2 Å². The molecular weight excluding hydrogens is 651 g/mol. The van der Waals surface area contributed by atoms with Gasteiger partial charge in [-0.3, -0.25) is 9.48 Å². The summed E-state index contributed by atoms with van der Waals surface area (Å²) in [5.41, 5.74) is 0.944. The molecule has 6 rings (SSSR count). The van der Waals surface area contributed by atoms with Crippen molar-refractivity contribution in [1.82, 2.24) is 29.2 Å². The number of aryl methyl sites for hydroxylation is 3. The van der Waals surface area contributed by atoms with Crippen molar-refractivity contribution in [3.05, 3.63) is 76.8 Å². The van der Waals surface area contributed by atoms with Gasteiger partial charge in [0.15, 0.2) is 11.5 Å². The first-order valence-corrected chi connectivity index (χ1v) is 16.7. The fraction of sp³-hybridized carbons (Fsp3) is 0.472. The van der Waals surface area contributed by atoms with Crippen molar-refractivity contribution in [1.29, 1.82) is 0 Å². The van der Waals surface area contributed by atoms with Crippen LogP contribution in [0.1, 0.15) is 66.4 Å². The van der Waals surface area contributed by atoms with E-state index in [-0.39, 0.29) is 59.9 Å². The molecule has 0 bridgehead atoms. The highest BCUT2D eigenvalue weighted by molar-refractivity contribution is 6.04. The van der Waals surface area contributed by atoms with E-state index in [1.165, 1.54) is 10.9 Å². The molecule has 0 aliphatic carbocycles. The van der Waals surface area contributed by atoms with Gasteiger partial charge in [-0.15, -0.1) is 0 Å². The van der Waals surface area contributed by atoms with E-state index >= 15 is 0 Å². The number of ether oxygens (including phenoxy) is 2. The zero-order chi connectivity index (χ0) is 36.1. The number of likely N-dealkylation sites (N-methyl/N-ethyl adjacent to an activating group) is 1. The van der Waals surface area contributed by atoms with Crippen LogP contribution in [0.5, 0.6) is 5.75 Å². The first kappa shape index (κ1) is 35.0. The molecule has 1 fully saturated rings. The summed E-state index contributed by atoms with van der Waals surface area (Å²) in [7, 11) is 1.73. The monoisotopic (exact) mass is 693 g/mol. The normalized spacial score (nSPS) is 16.6. The number of hydrogen-bond acceptors (Lipinski definition) is 8. The summed E-state index contributed by atoms with van der Waals surface area (Å²) in [4.78, 5) is 39.5. The summed E-state index contributed by atoms with van der Waals surface area (Å²) < 4.78 is 57.5. The van der Waals surface area contributed by atoms with Crippen LogP contribution in [0, 0.1) is 19.8 Å². The maximum absolute atomic E-state index is 14.2. The molecule has 1 atom stereocenters. The lowest BCUT2D eigenvalue weighted by Gasteiger charge is -2.44. The summed E-state index contributed by atoms with van der Waals surface area (Å²) in [5, 5.41) is 3.81. The first-order chi connectivity index (χ1) is 23.5. The number of alkyl halides is 3. The molecule has 2 aliphatic heterocycles. The van der Waals surface area contributed by atoms with Gasteiger partial charge in [-0.2, -0.15) is 18.3 Å². The Morgan fingerprint density at radius 3 is 2.44 bits per heavy atom. The zero-order valence-corrected chi connectivity index (χ0v) is 29.3. The number of hydrogen-bond donors (Lipinski definition) is 0. The number of ketones is 1. The van der Waals surface area contributed by atoms with Crippen molar-refractivity contribution in [2.45, 2.75) is 78.9 Å². The molecule has 11 nitrogen and oxygen atoms in total. The third-order valence-electron chi connectivity index (χ3n) is 9.01. The van der Waals surface area contributed by atoms with Crippen LogP contribution >= 0.6 is 0 Å². The number of carbonyl (C=O) groups is 2. The number of carbonyl (C=O) groups excluding carboxylic acids is 2. The van der Waals surface area contributed by atoms with Gasteiger partial charge in [0.25, 0.3) is 0 Å². The van der Waals surface area contributed by atoms with Gasteiger partial charge in [0.05, 0.1) is 24.1 Å². The summed E-state index contributed by atoms with van der Waals surface area (Å²) in [5.74, 6) is 0.765. The van der Waals surface area contributed by atoms with Crippen molar-refractivity contribution in [3.8, 4) is 16.9 Å². The van der Waals surface area contributed by atoms with Crippen molar-refractivity contribution >= 4 is 17.7 Å². The van der Waals surface area contributed by atoms with Gasteiger partial charge in [-0.25, -0.2) is 14.8 Å². The van der Waals surface area contributed by atoms with E-state index in [0.717, 1.165) is 17.2 Å².